The van der Waals surface area contributed by atoms with Crippen LogP contribution in [0.4, 0.5) is 10.5 Å². The fourth-order valence-corrected chi connectivity index (χ4v) is 4.97. The van der Waals surface area contributed by atoms with E-state index in [1.165, 1.54) is 4.90 Å². The molecule has 3 aromatic rings. The van der Waals surface area contributed by atoms with Crippen molar-refractivity contribution in [3.8, 4) is 11.5 Å². The highest BCUT2D eigenvalue weighted by Crippen LogP contribution is 2.28. The van der Waals surface area contributed by atoms with E-state index >= 15 is 0 Å². The molecule has 0 aliphatic carbocycles. The van der Waals surface area contributed by atoms with Crippen molar-refractivity contribution in [3.05, 3.63) is 74.9 Å². The number of nitrogens with zero attached hydrogens (tertiary/aromatic N) is 2. The fraction of sp³-hybridized carbons (Fsp3) is 0.400. The molecule has 0 bridgehead atoms. The Balaban J connectivity index is 1.75. The van der Waals surface area contributed by atoms with E-state index in [9.17, 15) is 9.59 Å². The number of hydrogen-bond donors (Lipinski definition) is 1. The van der Waals surface area contributed by atoms with Crippen molar-refractivity contribution in [3.63, 3.8) is 0 Å². The van der Waals surface area contributed by atoms with Crippen molar-refractivity contribution in [2.75, 3.05) is 52.4 Å². The summed E-state index contributed by atoms with van der Waals surface area (Å²) in [4.78, 5) is 31.4. The minimum atomic E-state index is -0.360. The van der Waals surface area contributed by atoms with Gasteiger partial charge >= 0.3 is 6.03 Å². The zero-order valence-corrected chi connectivity index (χ0v) is 25.1. The number of benzene rings is 2. The molecule has 3 rings (SSSR count). The van der Waals surface area contributed by atoms with Gasteiger partial charge in [0, 0.05) is 41.9 Å². The third-order valence-corrected chi connectivity index (χ3v) is 7.62. The van der Waals surface area contributed by atoms with Crippen LogP contribution in [0.15, 0.2) is 53.9 Å². The monoisotopic (exact) mass is 587 g/mol. The highest BCUT2D eigenvalue weighted by molar-refractivity contribution is 7.09. The first-order chi connectivity index (χ1) is 19.3. The van der Waals surface area contributed by atoms with Crippen LogP contribution in [0, 0.1) is 6.92 Å². The Kier molecular flexibility index (Phi) is 12.6. The molecule has 0 atom stereocenters. The Hall–Kier alpha value is -3.27. The maximum atomic E-state index is 13.7. The van der Waals surface area contributed by atoms with E-state index in [1.807, 2.05) is 55.6 Å². The summed E-state index contributed by atoms with van der Waals surface area (Å²) in [6.07, 6.45) is 1.23. The molecule has 0 saturated carbocycles. The van der Waals surface area contributed by atoms with E-state index in [4.69, 9.17) is 25.8 Å². The standard InChI is InChI=1S/C30H38ClN3O5S/c1-5-39-16-7-14-34(30(36)32-24-11-9-22(2)26(31)19-24)21-29(35)33(20-25-8-6-17-40-25)15-13-23-10-12-27(37-3)28(18-23)38-4/h6,8-12,17-19H,5,7,13-16,20-21H2,1-4H3,(H,32,36). The lowest BCUT2D eigenvalue weighted by Crippen LogP contribution is -2.45. The number of aryl methyl sites for hydroxylation is 1. The quantitative estimate of drug-likeness (QED) is 0.212. The van der Waals surface area contributed by atoms with Crippen LogP contribution >= 0.6 is 22.9 Å². The molecule has 0 aliphatic heterocycles. The number of methoxy groups -OCH3 is 2. The van der Waals surface area contributed by atoms with E-state index in [1.54, 1.807) is 42.6 Å². The van der Waals surface area contributed by atoms with Crippen LogP contribution in [0.3, 0.4) is 0 Å². The predicted molar refractivity (Wildman–Crippen MR) is 161 cm³/mol. The number of carbonyl (C=O) groups excluding carboxylic acids is 2. The minimum Gasteiger partial charge on any atom is -0.493 e. The van der Waals surface area contributed by atoms with Gasteiger partial charge in [-0.1, -0.05) is 29.8 Å². The van der Waals surface area contributed by atoms with Crippen molar-refractivity contribution in [1.29, 1.82) is 0 Å². The average Bonchev–Trinajstić information content (AvgIpc) is 3.47. The molecule has 1 aromatic heterocycles. The van der Waals surface area contributed by atoms with Gasteiger partial charge in [0.1, 0.15) is 6.54 Å². The van der Waals surface area contributed by atoms with E-state index < -0.39 is 0 Å². The van der Waals surface area contributed by atoms with Crippen LogP contribution in [-0.4, -0.2) is 68.8 Å². The van der Waals surface area contributed by atoms with Gasteiger partial charge in [0.2, 0.25) is 5.91 Å². The molecule has 10 heteroatoms. The number of halogens is 1. The van der Waals surface area contributed by atoms with Crippen LogP contribution in [0.2, 0.25) is 5.02 Å². The number of urea groups is 1. The Morgan fingerprint density at radius 3 is 2.48 bits per heavy atom. The van der Waals surface area contributed by atoms with Gasteiger partial charge in [-0.3, -0.25) is 4.79 Å². The number of thiophene rings is 1. The number of nitrogens with one attached hydrogen (secondary N) is 1. The number of hydrogen-bond acceptors (Lipinski definition) is 6. The van der Waals surface area contributed by atoms with Crippen LogP contribution in [0.1, 0.15) is 29.3 Å². The molecule has 8 nitrogen and oxygen atoms in total. The maximum absolute atomic E-state index is 13.7. The number of ether oxygens (including phenoxy) is 3. The predicted octanol–water partition coefficient (Wildman–Crippen LogP) is 6.26. The van der Waals surface area contributed by atoms with Crippen molar-refractivity contribution in [2.45, 2.75) is 33.2 Å². The second kappa shape index (κ2) is 16.1. The fourth-order valence-electron chi connectivity index (χ4n) is 4.07. The summed E-state index contributed by atoms with van der Waals surface area (Å²) in [5.74, 6) is 1.16. The molecule has 216 valence electrons. The van der Waals surface area contributed by atoms with Gasteiger partial charge in [0.15, 0.2) is 11.5 Å². The lowest BCUT2D eigenvalue weighted by Gasteiger charge is -2.28. The molecule has 0 aliphatic rings. The number of amides is 3. The topological polar surface area (TPSA) is 80.3 Å². The highest BCUT2D eigenvalue weighted by Gasteiger charge is 2.22. The Morgan fingerprint density at radius 1 is 1.00 bits per heavy atom. The minimum absolute atomic E-state index is 0.0607. The lowest BCUT2D eigenvalue weighted by atomic mass is 10.1. The summed E-state index contributed by atoms with van der Waals surface area (Å²) in [6, 6.07) is 14.7. The molecule has 0 unspecified atom stereocenters. The first-order valence-electron chi connectivity index (χ1n) is 13.3. The first kappa shape index (κ1) is 31.3. The summed E-state index contributed by atoms with van der Waals surface area (Å²) in [5, 5.41) is 5.45. The molecule has 0 radical (unpaired) electrons. The second-order valence-corrected chi connectivity index (χ2v) is 10.6. The van der Waals surface area contributed by atoms with Crippen LogP contribution in [0.25, 0.3) is 0 Å². The molecular weight excluding hydrogens is 550 g/mol. The Labute approximate surface area is 245 Å². The largest absolute Gasteiger partial charge is 0.493 e. The number of rotatable bonds is 15. The molecule has 2 aromatic carbocycles. The molecule has 0 fully saturated rings. The molecule has 3 amide bonds. The van der Waals surface area contributed by atoms with Crippen molar-refractivity contribution in [1.82, 2.24) is 9.80 Å². The highest BCUT2D eigenvalue weighted by atomic mass is 35.5. The summed E-state index contributed by atoms with van der Waals surface area (Å²) >= 11 is 7.85. The van der Waals surface area contributed by atoms with E-state index in [-0.39, 0.29) is 18.5 Å². The molecule has 40 heavy (non-hydrogen) atoms. The molecule has 0 saturated heterocycles. The molecule has 1 N–H and O–H groups in total. The third-order valence-electron chi connectivity index (χ3n) is 6.36. The van der Waals surface area contributed by atoms with Gasteiger partial charge in [0.25, 0.3) is 0 Å². The van der Waals surface area contributed by atoms with Crippen molar-refractivity contribution < 1.29 is 23.8 Å². The molecule has 1 heterocycles. The van der Waals surface area contributed by atoms with Crippen LogP contribution in [0.5, 0.6) is 11.5 Å². The number of carbonyl (C=O) groups is 2. The van der Waals surface area contributed by atoms with Gasteiger partial charge in [0.05, 0.1) is 20.8 Å². The van der Waals surface area contributed by atoms with Gasteiger partial charge in [-0.15, -0.1) is 11.3 Å². The molecule has 0 spiro atoms. The van der Waals surface area contributed by atoms with Gasteiger partial charge in [-0.05, 0) is 73.5 Å². The maximum Gasteiger partial charge on any atom is 0.322 e. The Bertz CT molecular complexity index is 1240. The number of anilines is 1. The Morgan fingerprint density at radius 2 is 1.80 bits per heavy atom. The lowest BCUT2D eigenvalue weighted by molar-refractivity contribution is -0.132. The van der Waals surface area contributed by atoms with E-state index in [0.717, 1.165) is 16.0 Å². The molecular formula is C30H38ClN3O5S. The first-order valence-corrected chi connectivity index (χ1v) is 14.5. The third kappa shape index (κ3) is 9.43. The van der Waals surface area contributed by atoms with E-state index in [0.29, 0.717) is 67.9 Å². The van der Waals surface area contributed by atoms with E-state index in [2.05, 4.69) is 5.32 Å². The van der Waals surface area contributed by atoms with Gasteiger partial charge < -0.3 is 29.3 Å². The zero-order chi connectivity index (χ0) is 28.9. The van der Waals surface area contributed by atoms with Gasteiger partial charge in [-0.2, -0.15) is 0 Å². The average molecular weight is 588 g/mol. The smallest absolute Gasteiger partial charge is 0.322 e. The summed E-state index contributed by atoms with van der Waals surface area (Å²) < 4.78 is 16.3. The second-order valence-electron chi connectivity index (χ2n) is 9.20. The van der Waals surface area contributed by atoms with Crippen molar-refractivity contribution >= 4 is 40.6 Å². The van der Waals surface area contributed by atoms with Crippen LogP contribution in [-0.2, 0) is 22.5 Å². The summed E-state index contributed by atoms with van der Waals surface area (Å²) in [7, 11) is 3.20. The summed E-state index contributed by atoms with van der Waals surface area (Å²) in [6.45, 7) is 6.18. The van der Waals surface area contributed by atoms with Gasteiger partial charge in [-0.25, -0.2) is 4.79 Å². The summed E-state index contributed by atoms with van der Waals surface area (Å²) in [5.41, 5.74) is 2.51. The van der Waals surface area contributed by atoms with Crippen molar-refractivity contribution in [2.24, 2.45) is 0 Å². The SMILES string of the molecule is CCOCCCN(CC(=O)N(CCc1ccc(OC)c(OC)c1)Cc1cccs1)C(=O)Nc1ccc(C)c(Cl)c1. The van der Waals surface area contributed by atoms with Crippen LogP contribution < -0.4 is 14.8 Å². The zero-order valence-electron chi connectivity index (χ0n) is 23.6. The normalized spacial score (nSPS) is 10.7.